The lowest BCUT2D eigenvalue weighted by molar-refractivity contribution is 0.667. The molecule has 0 aliphatic carbocycles. The van der Waals surface area contributed by atoms with Crippen LogP contribution in [0.2, 0.25) is 0 Å². The van der Waals surface area contributed by atoms with E-state index in [2.05, 4.69) is 134 Å². The third-order valence-electron chi connectivity index (χ3n) is 9.99. The molecule has 0 unspecified atom stereocenters. The predicted octanol–water partition coefficient (Wildman–Crippen LogP) is 14.8. The first kappa shape index (κ1) is 37.0. The Morgan fingerprint density at radius 1 is 0.380 bits per heavy atom. The molecule has 0 aliphatic rings. The predicted molar refractivity (Wildman–Crippen MR) is 223 cm³/mol. The topological polar surface area (TPSA) is 9.86 Å². The number of hydrogen-bond donors (Lipinski definition) is 0. The summed E-state index contributed by atoms with van der Waals surface area (Å²) in [7, 11) is 0. The molecule has 0 atom stereocenters. The molecule has 262 valence electrons. The number of aromatic nitrogens is 2. The van der Waals surface area contributed by atoms with Gasteiger partial charge < -0.3 is 9.13 Å². The molecular formula is C48H60N2. The van der Waals surface area contributed by atoms with Gasteiger partial charge in [-0.05, 0) is 111 Å². The van der Waals surface area contributed by atoms with Gasteiger partial charge >= 0.3 is 0 Å². The van der Waals surface area contributed by atoms with Gasteiger partial charge in [0.05, 0.1) is 22.1 Å². The van der Waals surface area contributed by atoms with E-state index < -0.39 is 0 Å². The molecule has 0 fully saturated rings. The second-order valence-corrected chi connectivity index (χ2v) is 13.6. The van der Waals surface area contributed by atoms with Crippen LogP contribution in [0.25, 0.3) is 55.0 Å². The van der Waals surface area contributed by atoms with E-state index in [1.54, 1.807) is 0 Å². The summed E-state index contributed by atoms with van der Waals surface area (Å²) < 4.78 is 4.97. The summed E-state index contributed by atoms with van der Waals surface area (Å²) in [6.07, 6.45) is 12.7. The number of hydrogen-bond acceptors (Lipinski definition) is 0. The van der Waals surface area contributed by atoms with Gasteiger partial charge in [-0.1, -0.05) is 128 Å². The summed E-state index contributed by atoms with van der Waals surface area (Å²) in [6, 6.07) is 37.5. The number of rotatable bonds is 12. The van der Waals surface area contributed by atoms with Crippen molar-refractivity contribution in [1.29, 1.82) is 0 Å². The summed E-state index contributed by atoms with van der Waals surface area (Å²) >= 11 is 0. The van der Waals surface area contributed by atoms with Crippen LogP contribution in [0.5, 0.6) is 0 Å². The Bertz CT molecular complexity index is 1970. The van der Waals surface area contributed by atoms with Crippen LogP contribution in [0.15, 0.2) is 97.1 Å². The second kappa shape index (κ2) is 17.6. The Morgan fingerprint density at radius 3 is 1.14 bits per heavy atom. The molecule has 0 saturated heterocycles. The highest BCUT2D eigenvalue weighted by Gasteiger charge is 2.19. The van der Waals surface area contributed by atoms with E-state index in [1.807, 2.05) is 27.7 Å². The fourth-order valence-electron chi connectivity index (χ4n) is 7.45. The third-order valence-corrected chi connectivity index (χ3v) is 9.99. The Balaban J connectivity index is 0.00000117. The molecule has 7 aromatic rings. The zero-order valence-corrected chi connectivity index (χ0v) is 32.2. The van der Waals surface area contributed by atoms with Crippen LogP contribution in [0.1, 0.15) is 115 Å². The van der Waals surface area contributed by atoms with E-state index in [0.717, 1.165) is 12.8 Å². The maximum absolute atomic E-state index is 2.48. The van der Waals surface area contributed by atoms with Crippen LogP contribution < -0.4 is 0 Å². The molecule has 2 heteroatoms. The van der Waals surface area contributed by atoms with Gasteiger partial charge in [-0.15, -0.1) is 0 Å². The molecule has 0 saturated carbocycles. The average molecular weight is 665 g/mol. The van der Waals surface area contributed by atoms with E-state index in [0.29, 0.717) is 0 Å². The molecule has 0 radical (unpaired) electrons. The van der Waals surface area contributed by atoms with Crippen LogP contribution in [0.4, 0.5) is 0 Å². The van der Waals surface area contributed by atoms with Crippen molar-refractivity contribution >= 4 is 43.6 Å². The molecule has 50 heavy (non-hydrogen) atoms. The molecule has 0 amide bonds. The lowest BCUT2D eigenvalue weighted by atomic mass is 10.1. The fourth-order valence-corrected chi connectivity index (χ4v) is 7.45. The molecule has 0 spiro atoms. The summed E-state index contributed by atoms with van der Waals surface area (Å²) in [6.45, 7) is 17.0. The molecular weight excluding hydrogens is 605 g/mol. The summed E-state index contributed by atoms with van der Waals surface area (Å²) in [5, 5.41) is 5.28. The zero-order valence-electron chi connectivity index (χ0n) is 32.2. The normalized spacial score (nSPS) is 11.2. The number of unbranched alkanes of at least 4 members (excludes halogenated alkanes) is 6. The molecule has 7 rings (SSSR count). The smallest absolute Gasteiger partial charge is 0.0562 e. The number of fused-ring (bicyclic) bond motifs is 6. The second-order valence-electron chi connectivity index (χ2n) is 13.6. The van der Waals surface area contributed by atoms with Crippen LogP contribution in [0.3, 0.4) is 0 Å². The molecule has 0 N–H and O–H groups in total. The minimum absolute atomic E-state index is 1.16. The average Bonchev–Trinajstić information content (AvgIpc) is 3.64. The Labute approximate surface area is 302 Å². The van der Waals surface area contributed by atoms with Crippen molar-refractivity contribution in [2.45, 2.75) is 120 Å². The molecule has 0 aliphatic heterocycles. The minimum atomic E-state index is 1.16. The summed E-state index contributed by atoms with van der Waals surface area (Å²) in [4.78, 5) is 0. The van der Waals surface area contributed by atoms with Gasteiger partial charge in [-0.3, -0.25) is 0 Å². The van der Waals surface area contributed by atoms with Crippen LogP contribution >= 0.6 is 0 Å². The zero-order chi connectivity index (χ0) is 35.6. The van der Waals surface area contributed by atoms with Crippen molar-refractivity contribution in [3.63, 3.8) is 0 Å². The molecule has 0 bridgehead atoms. The Morgan fingerprint density at radius 2 is 0.760 bits per heavy atom. The monoisotopic (exact) mass is 664 g/mol. The van der Waals surface area contributed by atoms with Crippen molar-refractivity contribution in [3.8, 4) is 11.4 Å². The molecule has 2 heterocycles. The van der Waals surface area contributed by atoms with Gasteiger partial charge in [0, 0.05) is 32.9 Å². The van der Waals surface area contributed by atoms with Crippen LogP contribution in [-0.4, -0.2) is 9.13 Å². The Hall–Kier alpha value is -4.30. The van der Waals surface area contributed by atoms with Crippen molar-refractivity contribution in [2.24, 2.45) is 0 Å². The molecule has 2 nitrogen and oxygen atoms in total. The van der Waals surface area contributed by atoms with Gasteiger partial charge in [0.15, 0.2) is 0 Å². The summed E-state index contributed by atoms with van der Waals surface area (Å²) in [5.41, 5.74) is 13.0. The summed E-state index contributed by atoms with van der Waals surface area (Å²) in [5.74, 6) is 0. The number of nitrogens with zero attached hydrogens (tertiary/aromatic N) is 2. The van der Waals surface area contributed by atoms with Gasteiger partial charge in [-0.25, -0.2) is 0 Å². The highest BCUT2D eigenvalue weighted by molar-refractivity contribution is 6.19. The SMILES string of the molecule is CC.CC.CCCCCCc1ccc(-n2c3ccc(C)cc3c3cc4c5cc(C)ccc5n(-c5ccc(CCCCCC)cc5)c4cc32)cc1. The standard InChI is InChI=1S/C44H48N2.2C2H6/c1-5-7-9-11-13-33-17-21-35(22-18-33)45-41-25-15-31(3)27-37(41)39-29-40-38-28-32(4)16-26-42(38)46(44(40)30-43(39)45)36-23-19-34(20-24-36)14-12-10-8-6-2;2*1-2/h15-30H,5-14H2,1-4H3;2*1-2H3. The van der Waals surface area contributed by atoms with Crippen LogP contribution in [-0.2, 0) is 12.8 Å². The van der Waals surface area contributed by atoms with Crippen molar-refractivity contribution in [3.05, 3.63) is 119 Å². The van der Waals surface area contributed by atoms with Crippen molar-refractivity contribution in [1.82, 2.24) is 9.13 Å². The largest absolute Gasteiger partial charge is 0.309 e. The first-order chi connectivity index (χ1) is 24.6. The van der Waals surface area contributed by atoms with Gasteiger partial charge in [0.25, 0.3) is 0 Å². The van der Waals surface area contributed by atoms with Gasteiger partial charge in [-0.2, -0.15) is 0 Å². The maximum atomic E-state index is 2.48. The lowest BCUT2D eigenvalue weighted by Crippen LogP contribution is -1.97. The minimum Gasteiger partial charge on any atom is -0.309 e. The van der Waals surface area contributed by atoms with Crippen molar-refractivity contribution < 1.29 is 0 Å². The van der Waals surface area contributed by atoms with E-state index in [1.165, 1.54) is 129 Å². The quantitative estimate of drug-likeness (QED) is 0.115. The van der Waals surface area contributed by atoms with Crippen molar-refractivity contribution in [2.75, 3.05) is 0 Å². The van der Waals surface area contributed by atoms with Gasteiger partial charge in [0.1, 0.15) is 0 Å². The lowest BCUT2D eigenvalue weighted by Gasteiger charge is -2.11. The number of benzene rings is 5. The first-order valence-corrected chi connectivity index (χ1v) is 19.7. The van der Waals surface area contributed by atoms with E-state index in [4.69, 9.17) is 0 Å². The maximum Gasteiger partial charge on any atom is 0.0562 e. The number of aryl methyl sites for hydroxylation is 4. The Kier molecular flexibility index (Phi) is 13.0. The highest BCUT2D eigenvalue weighted by atomic mass is 15.0. The fraction of sp³-hybridized carbons (Fsp3) is 0.375. The van der Waals surface area contributed by atoms with Crippen LogP contribution in [0, 0.1) is 13.8 Å². The third kappa shape index (κ3) is 7.70. The van der Waals surface area contributed by atoms with Gasteiger partial charge in [0.2, 0.25) is 0 Å². The van der Waals surface area contributed by atoms with E-state index in [-0.39, 0.29) is 0 Å². The van der Waals surface area contributed by atoms with E-state index >= 15 is 0 Å². The molecule has 5 aromatic carbocycles. The highest BCUT2D eigenvalue weighted by Crippen LogP contribution is 2.40. The first-order valence-electron chi connectivity index (χ1n) is 19.7. The molecule has 2 aromatic heterocycles. The van der Waals surface area contributed by atoms with E-state index in [9.17, 15) is 0 Å².